The van der Waals surface area contributed by atoms with Crippen LogP contribution in [0.2, 0.25) is 0 Å². The summed E-state index contributed by atoms with van der Waals surface area (Å²) in [5, 5.41) is 22.8. The average molecular weight is 695 g/mol. The lowest BCUT2D eigenvalue weighted by atomic mass is 10.1. The van der Waals surface area contributed by atoms with Gasteiger partial charge in [0.25, 0.3) is 5.70 Å². The third-order valence-corrected chi connectivity index (χ3v) is 7.90. The molecule has 0 bridgehead atoms. The van der Waals surface area contributed by atoms with E-state index in [1.807, 2.05) is 64.1 Å². The Bertz CT molecular complexity index is 2830. The highest BCUT2D eigenvalue weighted by atomic mass is 19.4. The summed E-state index contributed by atoms with van der Waals surface area (Å²) >= 11 is 0. The number of halogens is 3. The number of fused-ring (bicyclic) bond motifs is 3. The molecule has 0 atom stereocenters. The molecule has 3 aliphatic heterocycles. The number of alkyl halides is 3. The van der Waals surface area contributed by atoms with Crippen molar-refractivity contribution >= 4 is 16.8 Å². The maximum Gasteiger partial charge on any atom is 0.573 e. The van der Waals surface area contributed by atoms with Gasteiger partial charge in [0.2, 0.25) is 0 Å². The predicted octanol–water partition coefficient (Wildman–Crippen LogP) is 3.10. The van der Waals surface area contributed by atoms with Crippen LogP contribution in [0.3, 0.4) is 0 Å². The van der Waals surface area contributed by atoms with Gasteiger partial charge in [-0.15, -0.1) is 13.2 Å². The van der Waals surface area contributed by atoms with Crippen molar-refractivity contribution in [2.75, 3.05) is 0 Å². The molecule has 4 aromatic rings. The first kappa shape index (κ1) is 33.3. The highest BCUT2D eigenvalue weighted by molar-refractivity contribution is 5.81. The van der Waals surface area contributed by atoms with E-state index < -0.39 is 17.8 Å². The zero-order chi connectivity index (χ0) is 37.1. The molecule has 0 radical (unpaired) electrons. The average Bonchev–Trinajstić information content (AvgIpc) is 3.79. The summed E-state index contributed by atoms with van der Waals surface area (Å²) in [6, 6.07) is 14.2. The molecule has 13 nitrogen and oxygen atoms in total. The van der Waals surface area contributed by atoms with Crippen LogP contribution in [0, 0.1) is 63.9 Å². The maximum absolute atomic E-state index is 13.3. The highest BCUT2D eigenvalue weighted by Gasteiger charge is 2.33. The largest absolute Gasteiger partial charge is 0.573 e. The zero-order valence-electron chi connectivity index (χ0n) is 27.9. The predicted molar refractivity (Wildman–Crippen MR) is 175 cm³/mol. The van der Waals surface area contributed by atoms with Crippen molar-refractivity contribution in [2.45, 2.75) is 41.0 Å². The van der Waals surface area contributed by atoms with Gasteiger partial charge in [0.1, 0.15) is 28.6 Å². The van der Waals surface area contributed by atoms with E-state index in [9.17, 15) is 23.7 Å². The number of ether oxygens (including phenoxy) is 1. The van der Waals surface area contributed by atoms with Gasteiger partial charge in [-0.1, -0.05) is 12.1 Å². The quantitative estimate of drug-likeness (QED) is 0.234. The molecule has 52 heavy (non-hydrogen) atoms. The Labute approximate surface area is 291 Å². The third-order valence-electron chi connectivity index (χ3n) is 7.90. The summed E-state index contributed by atoms with van der Waals surface area (Å²) in [7, 11) is 0. The Morgan fingerprint density at radius 2 is 1.04 bits per heavy atom. The van der Waals surface area contributed by atoms with E-state index in [2.05, 4.69) is 54.5 Å². The molecule has 0 N–H and O–H groups in total. The van der Waals surface area contributed by atoms with Crippen LogP contribution in [0.4, 0.5) is 13.2 Å². The summed E-state index contributed by atoms with van der Waals surface area (Å²) in [5.41, 5.74) is 3.08. The number of rotatable bonds is 4. The Hall–Kier alpha value is -7.25. The molecule has 4 heterocycles. The molecule has 3 aliphatic rings. The number of nitriles is 2. The van der Waals surface area contributed by atoms with E-state index in [4.69, 9.17) is 6.57 Å². The van der Waals surface area contributed by atoms with Crippen molar-refractivity contribution in [3.8, 4) is 17.9 Å². The second-order valence-electron chi connectivity index (χ2n) is 12.0. The minimum atomic E-state index is -5.02. The maximum atomic E-state index is 13.3. The van der Waals surface area contributed by atoms with Crippen LogP contribution >= 0.6 is 0 Å². The van der Waals surface area contributed by atoms with E-state index in [-0.39, 0.29) is 56.8 Å². The van der Waals surface area contributed by atoms with Gasteiger partial charge < -0.3 is 4.74 Å². The molecule has 7 rings (SSSR count). The molecule has 0 saturated carbocycles. The van der Waals surface area contributed by atoms with Gasteiger partial charge in [-0.25, -0.2) is 49.8 Å². The number of hydrogen-bond donors (Lipinski definition) is 0. The molecule has 0 fully saturated rings. The second-order valence-corrected chi connectivity index (χ2v) is 12.0. The van der Waals surface area contributed by atoms with Crippen molar-refractivity contribution in [1.82, 2.24) is 15.0 Å². The van der Waals surface area contributed by atoms with E-state index in [1.165, 1.54) is 6.07 Å². The Morgan fingerprint density at radius 3 is 1.50 bits per heavy atom. The van der Waals surface area contributed by atoms with E-state index in [0.717, 1.165) is 28.3 Å². The first-order chi connectivity index (χ1) is 24.7. The van der Waals surface area contributed by atoms with Gasteiger partial charge in [-0.05, 0) is 86.7 Å². The van der Waals surface area contributed by atoms with Crippen molar-refractivity contribution in [3.05, 3.63) is 143 Å². The Morgan fingerprint density at radius 1 is 0.615 bits per heavy atom. The van der Waals surface area contributed by atoms with E-state index in [0.29, 0.717) is 27.0 Å². The lowest BCUT2D eigenvalue weighted by Gasteiger charge is -2.08. The van der Waals surface area contributed by atoms with Gasteiger partial charge in [0, 0.05) is 0 Å². The van der Waals surface area contributed by atoms with Gasteiger partial charge in [-0.3, -0.25) is 0 Å². The van der Waals surface area contributed by atoms with Crippen LogP contribution in [0.25, 0.3) is 21.7 Å². The summed E-state index contributed by atoms with van der Waals surface area (Å²) < 4.78 is 44.0. The minimum absolute atomic E-state index is 0.0155. The van der Waals surface area contributed by atoms with Crippen LogP contribution in [-0.2, 0) is 0 Å². The Balaban J connectivity index is 1.51. The number of hydrogen-bond acceptors (Lipinski definition) is 12. The summed E-state index contributed by atoms with van der Waals surface area (Å²) in [4.78, 5) is 43.6. The number of aromatic nitrogens is 3. The van der Waals surface area contributed by atoms with Gasteiger partial charge in [0.15, 0.2) is 40.7 Å². The van der Waals surface area contributed by atoms with Gasteiger partial charge in [-0.2, -0.15) is 10.5 Å². The molecule has 0 saturated heterocycles. The smallest absolute Gasteiger partial charge is 0.403 e. The van der Waals surface area contributed by atoms with Crippen molar-refractivity contribution in [2.24, 2.45) is 30.0 Å². The fourth-order valence-electron chi connectivity index (χ4n) is 5.83. The Kier molecular flexibility index (Phi) is 7.84. The van der Waals surface area contributed by atoms with Crippen molar-refractivity contribution in [3.63, 3.8) is 0 Å². The number of nitrogens with zero attached hydrogens (tertiary/aromatic N) is 12. The molecular weight excluding hydrogens is 673 g/mol. The zero-order valence-corrected chi connectivity index (χ0v) is 27.9. The second kappa shape index (κ2) is 12.3. The minimum Gasteiger partial charge on any atom is -0.403 e. The van der Waals surface area contributed by atoms with Crippen LogP contribution in [-0.4, -0.2) is 21.3 Å². The van der Waals surface area contributed by atoms with E-state index in [1.54, 1.807) is 6.92 Å². The highest BCUT2D eigenvalue weighted by Crippen LogP contribution is 2.28. The molecular formula is C36H21F3N12O. The van der Waals surface area contributed by atoms with Crippen molar-refractivity contribution < 1.29 is 17.9 Å². The van der Waals surface area contributed by atoms with Crippen LogP contribution in [0.5, 0.6) is 5.75 Å². The topological polar surface area (TPSA) is 174 Å². The first-order valence-corrected chi connectivity index (χ1v) is 15.4. The summed E-state index contributed by atoms with van der Waals surface area (Å²) in [5.74, 6) is -1.94. The third kappa shape index (κ3) is 5.97. The van der Waals surface area contributed by atoms with Crippen LogP contribution < -0.4 is 36.9 Å². The lowest BCUT2D eigenvalue weighted by molar-refractivity contribution is -0.275. The first-order valence-electron chi connectivity index (χ1n) is 15.4. The number of allylic oxidation sites excluding steroid dienone is 2. The van der Waals surface area contributed by atoms with Gasteiger partial charge >= 0.3 is 6.36 Å². The molecule has 1 aromatic heterocycles. The summed E-state index contributed by atoms with van der Waals surface area (Å²) in [6.45, 7) is 17.1. The standard InChI is InChI=1S/C36H21F3N12O/c1-15-7-18(4)26-22(9-15)43-30(46-26)20(13-40)32-49-33(21(14-41)31-44-23-10-16(2)8-19(5)27(23)47-31)51-35(50-32)29(42-6)34-45-24-11-17(3)12-25(28(24)48-34)52-36(37,38)39/h7-12H,1-5H3/b30-20-,31-21-,34-29+. The number of aryl methyl sites for hydroxylation is 5. The van der Waals surface area contributed by atoms with Crippen molar-refractivity contribution in [1.29, 1.82) is 10.5 Å². The molecule has 0 amide bonds. The molecule has 252 valence electrons. The van der Waals surface area contributed by atoms with Crippen LogP contribution in [0.15, 0.2) is 83.8 Å². The SMILES string of the molecule is [C-]#[N+]/C(=C1\N=c2cc(C)cc(OC(F)(F)F)c2=N1)c1nc(/C(C#N)=C2/N=c3cc(C)cc(C)c3=N2)nc(/C(C#N)=C2/N=c3cc(C)cc(C)c3=N2)n1. The molecule has 16 heteroatoms. The normalized spacial score (nSPS) is 16.5. The molecule has 0 spiro atoms. The molecule has 0 unspecified atom stereocenters. The number of benzene rings is 3. The van der Waals surface area contributed by atoms with E-state index >= 15 is 0 Å². The molecule has 3 aromatic carbocycles. The summed E-state index contributed by atoms with van der Waals surface area (Å²) in [6.07, 6.45) is -5.02. The van der Waals surface area contributed by atoms with Gasteiger partial charge in [0.05, 0.1) is 33.4 Å². The monoisotopic (exact) mass is 694 g/mol. The fourth-order valence-corrected chi connectivity index (χ4v) is 5.83. The molecule has 0 aliphatic carbocycles. The fraction of sp³-hybridized carbons (Fsp3) is 0.167. The van der Waals surface area contributed by atoms with Crippen LogP contribution in [0.1, 0.15) is 45.3 Å². The lowest BCUT2D eigenvalue weighted by Crippen LogP contribution is -2.29.